The number of rotatable bonds is 4. The Bertz CT molecular complexity index is 408. The molecule has 0 amide bonds. The van der Waals surface area contributed by atoms with Crippen molar-refractivity contribution in [3.8, 4) is 0 Å². The van der Waals surface area contributed by atoms with Crippen LogP contribution in [0.15, 0.2) is 10.5 Å². The van der Waals surface area contributed by atoms with Gasteiger partial charge in [0.15, 0.2) is 0 Å². The minimum Gasteiger partial charge on any atom is -0.207 e. The van der Waals surface area contributed by atoms with Crippen LogP contribution >= 0.6 is 27.5 Å². The molecular weight excluding hydrogens is 319 g/mol. The maximum atomic E-state index is 14.3. The van der Waals surface area contributed by atoms with Gasteiger partial charge in [-0.05, 0) is 39.7 Å². The van der Waals surface area contributed by atoms with Crippen molar-refractivity contribution in [3.63, 3.8) is 0 Å². The first-order chi connectivity index (χ1) is 7.93. The predicted octanol–water partition coefficient (Wildman–Crippen LogP) is 5.27. The monoisotopic (exact) mass is 336 g/mol. The average molecular weight is 338 g/mol. The molecule has 0 nitrogen and oxygen atoms in total. The Morgan fingerprint density at radius 2 is 1.71 bits per heavy atom. The largest absolute Gasteiger partial charge is 0.207 e. The third kappa shape index (κ3) is 2.61. The highest BCUT2D eigenvalue weighted by Crippen LogP contribution is 2.31. The highest BCUT2D eigenvalue weighted by atomic mass is 79.9. The lowest BCUT2D eigenvalue weighted by Gasteiger charge is -2.30. The summed E-state index contributed by atoms with van der Waals surface area (Å²) in [4.78, 5) is 0. The van der Waals surface area contributed by atoms with E-state index < -0.39 is 8.07 Å². The molecule has 0 heterocycles. The van der Waals surface area contributed by atoms with Crippen LogP contribution in [0.3, 0.4) is 0 Å². The third-order valence-electron chi connectivity index (χ3n) is 3.90. The summed E-state index contributed by atoms with van der Waals surface area (Å²) in [6.07, 6.45) is 0. The quantitative estimate of drug-likeness (QED) is 0.519. The molecule has 0 radical (unpaired) electrons. The van der Waals surface area contributed by atoms with Gasteiger partial charge < -0.3 is 0 Å². The second-order valence-electron chi connectivity index (χ2n) is 4.52. The van der Waals surface area contributed by atoms with E-state index in [2.05, 4.69) is 36.7 Å². The molecule has 96 valence electrons. The molecule has 0 N–H and O–H groups in total. The van der Waals surface area contributed by atoms with Crippen molar-refractivity contribution in [2.75, 3.05) is 0 Å². The van der Waals surface area contributed by atoms with Crippen LogP contribution in [-0.2, 0) is 0 Å². The standard InChI is InChI=1S/C13H19BrClFSi/c1-5-17(6-2,7-3)13-10(16)8-9(4)12(15)11(13)14/h8H,5-7H2,1-4H3. The minimum atomic E-state index is -1.74. The van der Waals surface area contributed by atoms with E-state index in [4.69, 9.17) is 11.6 Å². The van der Waals surface area contributed by atoms with Gasteiger partial charge in [-0.2, -0.15) is 0 Å². The molecule has 0 saturated heterocycles. The van der Waals surface area contributed by atoms with Gasteiger partial charge >= 0.3 is 0 Å². The Labute approximate surface area is 118 Å². The van der Waals surface area contributed by atoms with Crippen molar-refractivity contribution in [2.24, 2.45) is 0 Å². The molecule has 17 heavy (non-hydrogen) atoms. The number of aryl methyl sites for hydroxylation is 1. The second kappa shape index (κ2) is 5.85. The lowest BCUT2D eigenvalue weighted by Crippen LogP contribution is -2.48. The molecule has 0 aliphatic rings. The number of hydrogen-bond donors (Lipinski definition) is 0. The van der Waals surface area contributed by atoms with E-state index in [1.807, 2.05) is 6.92 Å². The molecule has 0 fully saturated rings. The summed E-state index contributed by atoms with van der Waals surface area (Å²) in [5.74, 6) is -0.0870. The van der Waals surface area contributed by atoms with Crippen molar-refractivity contribution in [1.29, 1.82) is 0 Å². The van der Waals surface area contributed by atoms with Crippen LogP contribution in [0.5, 0.6) is 0 Å². The van der Waals surface area contributed by atoms with E-state index in [9.17, 15) is 4.39 Å². The summed E-state index contributed by atoms with van der Waals surface area (Å²) >= 11 is 9.74. The lowest BCUT2D eigenvalue weighted by molar-refractivity contribution is 0.632. The molecule has 0 aliphatic heterocycles. The van der Waals surface area contributed by atoms with Crippen molar-refractivity contribution in [1.82, 2.24) is 0 Å². The zero-order chi connectivity index (χ0) is 13.2. The number of benzene rings is 1. The highest BCUT2D eigenvalue weighted by molar-refractivity contribution is 9.10. The van der Waals surface area contributed by atoms with Gasteiger partial charge in [0.1, 0.15) is 5.82 Å². The van der Waals surface area contributed by atoms with Crippen LogP contribution < -0.4 is 5.19 Å². The molecule has 0 aromatic heterocycles. The number of halogens is 3. The molecule has 0 bridgehead atoms. The van der Waals surface area contributed by atoms with E-state index >= 15 is 0 Å². The maximum Gasteiger partial charge on any atom is 0.123 e. The van der Waals surface area contributed by atoms with Crippen molar-refractivity contribution < 1.29 is 4.39 Å². The summed E-state index contributed by atoms with van der Waals surface area (Å²) in [5.41, 5.74) is 0.797. The molecule has 1 rings (SSSR count). The van der Waals surface area contributed by atoms with Crippen molar-refractivity contribution in [3.05, 3.63) is 26.9 Å². The van der Waals surface area contributed by atoms with Crippen molar-refractivity contribution >= 4 is 40.8 Å². The summed E-state index contributed by atoms with van der Waals surface area (Å²) < 4.78 is 15.1. The van der Waals surface area contributed by atoms with Gasteiger partial charge in [-0.15, -0.1) is 0 Å². The Morgan fingerprint density at radius 3 is 2.12 bits per heavy atom. The zero-order valence-corrected chi connectivity index (χ0v) is 14.2. The fraction of sp³-hybridized carbons (Fsp3) is 0.538. The van der Waals surface area contributed by atoms with Gasteiger partial charge in [0, 0.05) is 4.47 Å². The molecule has 0 atom stereocenters. The summed E-state index contributed by atoms with van der Waals surface area (Å²) in [7, 11) is -1.74. The van der Waals surface area contributed by atoms with Gasteiger partial charge in [0.2, 0.25) is 0 Å². The molecule has 1 aromatic carbocycles. The van der Waals surface area contributed by atoms with E-state index in [1.165, 1.54) is 0 Å². The Hall–Kier alpha value is 0.137. The van der Waals surface area contributed by atoms with E-state index in [-0.39, 0.29) is 5.82 Å². The Morgan fingerprint density at radius 1 is 1.24 bits per heavy atom. The first-order valence-electron chi connectivity index (χ1n) is 6.08. The Kier molecular flexibility index (Phi) is 5.23. The summed E-state index contributed by atoms with van der Waals surface area (Å²) in [5, 5.41) is 1.54. The predicted molar refractivity (Wildman–Crippen MR) is 80.7 cm³/mol. The first kappa shape index (κ1) is 15.2. The normalized spacial score (nSPS) is 11.9. The van der Waals surface area contributed by atoms with E-state index in [1.54, 1.807) is 6.07 Å². The van der Waals surface area contributed by atoms with Crippen LogP contribution in [-0.4, -0.2) is 8.07 Å². The van der Waals surface area contributed by atoms with E-state index in [0.29, 0.717) is 5.02 Å². The van der Waals surface area contributed by atoms with Gasteiger partial charge in [-0.3, -0.25) is 0 Å². The molecule has 0 saturated carbocycles. The van der Waals surface area contributed by atoms with Gasteiger partial charge in [-0.25, -0.2) is 4.39 Å². The fourth-order valence-electron chi connectivity index (χ4n) is 2.48. The summed E-state index contributed by atoms with van der Waals surface area (Å²) in [6, 6.07) is 4.73. The minimum absolute atomic E-state index is 0.0870. The molecule has 0 unspecified atom stereocenters. The summed E-state index contributed by atoms with van der Waals surface area (Å²) in [6.45, 7) is 8.34. The smallest absolute Gasteiger partial charge is 0.123 e. The molecular formula is C13H19BrClFSi. The van der Waals surface area contributed by atoms with Crippen LogP contribution in [0, 0.1) is 12.7 Å². The van der Waals surface area contributed by atoms with Crippen LogP contribution in [0.2, 0.25) is 23.2 Å². The average Bonchev–Trinajstić information content (AvgIpc) is 2.32. The number of hydrogen-bond acceptors (Lipinski definition) is 0. The first-order valence-corrected chi connectivity index (χ1v) is 9.87. The third-order valence-corrected chi connectivity index (χ3v) is 11.4. The van der Waals surface area contributed by atoms with Crippen LogP contribution in [0.4, 0.5) is 4.39 Å². The molecule has 4 heteroatoms. The second-order valence-corrected chi connectivity index (χ2v) is 10.9. The lowest BCUT2D eigenvalue weighted by atomic mass is 10.2. The van der Waals surface area contributed by atoms with Gasteiger partial charge in [0.25, 0.3) is 0 Å². The topological polar surface area (TPSA) is 0 Å². The van der Waals surface area contributed by atoms with Crippen LogP contribution in [0.25, 0.3) is 0 Å². The molecule has 0 aliphatic carbocycles. The fourth-order valence-corrected chi connectivity index (χ4v) is 8.20. The van der Waals surface area contributed by atoms with Gasteiger partial charge in [-0.1, -0.05) is 50.5 Å². The van der Waals surface area contributed by atoms with Crippen molar-refractivity contribution in [2.45, 2.75) is 45.8 Å². The van der Waals surface area contributed by atoms with Crippen LogP contribution in [0.1, 0.15) is 26.3 Å². The van der Waals surface area contributed by atoms with E-state index in [0.717, 1.165) is 33.4 Å². The maximum absolute atomic E-state index is 14.3. The molecule has 1 aromatic rings. The zero-order valence-electron chi connectivity index (χ0n) is 10.8. The molecule has 0 spiro atoms. The SMILES string of the molecule is CC[Si](CC)(CC)c1c(F)cc(C)c(Cl)c1Br. The Balaban J connectivity index is 3.54. The highest BCUT2D eigenvalue weighted by Gasteiger charge is 2.35. The van der Waals surface area contributed by atoms with Gasteiger partial charge in [0.05, 0.1) is 13.1 Å².